The first kappa shape index (κ1) is 12.3. The van der Waals surface area contributed by atoms with Crippen molar-refractivity contribution in [2.75, 3.05) is 0 Å². The molecule has 1 atom stereocenters. The molecule has 104 valence electrons. The first-order valence-electron chi connectivity index (χ1n) is 7.44. The number of para-hydroxylation sites is 1. The van der Waals surface area contributed by atoms with Crippen molar-refractivity contribution in [3.05, 3.63) is 77.9 Å². The van der Waals surface area contributed by atoms with E-state index in [0.717, 1.165) is 30.8 Å². The Labute approximate surface area is 124 Å². The van der Waals surface area contributed by atoms with Crippen LogP contribution in [0.4, 0.5) is 0 Å². The topological polar surface area (TPSA) is 30.7 Å². The molecule has 3 aromatic rings. The molecular formula is C18H17N3. The Balaban J connectivity index is 1.69. The Morgan fingerprint density at radius 3 is 2.52 bits per heavy atom. The third-order valence-corrected chi connectivity index (χ3v) is 4.32. The Hall–Kier alpha value is -2.42. The lowest BCUT2D eigenvalue weighted by Gasteiger charge is -2.24. The van der Waals surface area contributed by atoms with E-state index < -0.39 is 0 Å². The molecule has 4 rings (SSSR count). The van der Waals surface area contributed by atoms with Gasteiger partial charge in [0.15, 0.2) is 0 Å². The van der Waals surface area contributed by atoms with Crippen molar-refractivity contribution >= 4 is 0 Å². The van der Waals surface area contributed by atoms with Crippen LogP contribution in [0.2, 0.25) is 0 Å². The van der Waals surface area contributed by atoms with Gasteiger partial charge in [-0.1, -0.05) is 42.5 Å². The Bertz CT molecular complexity index is 746. The zero-order valence-corrected chi connectivity index (χ0v) is 11.8. The molecule has 0 bridgehead atoms. The summed E-state index contributed by atoms with van der Waals surface area (Å²) in [6, 6.07) is 19.1. The van der Waals surface area contributed by atoms with Crippen LogP contribution in [0.1, 0.15) is 29.3 Å². The van der Waals surface area contributed by atoms with E-state index in [2.05, 4.69) is 63.3 Å². The minimum Gasteiger partial charge on any atom is -0.285 e. The molecule has 0 aliphatic heterocycles. The predicted molar refractivity (Wildman–Crippen MR) is 82.6 cm³/mol. The van der Waals surface area contributed by atoms with Crippen molar-refractivity contribution in [3.63, 3.8) is 0 Å². The maximum Gasteiger partial charge on any atom is 0.140 e. The van der Waals surface area contributed by atoms with Crippen molar-refractivity contribution in [2.24, 2.45) is 0 Å². The molecular weight excluding hydrogens is 258 g/mol. The normalized spacial score (nSPS) is 17.4. The highest BCUT2D eigenvalue weighted by Gasteiger charge is 2.24. The summed E-state index contributed by atoms with van der Waals surface area (Å²) >= 11 is 0. The lowest BCUT2D eigenvalue weighted by molar-refractivity contribution is 0.546. The fraction of sp³-hybridized carbons (Fsp3) is 0.222. The Morgan fingerprint density at radius 1 is 0.905 bits per heavy atom. The van der Waals surface area contributed by atoms with E-state index in [1.807, 2.05) is 12.4 Å². The van der Waals surface area contributed by atoms with Crippen LogP contribution in [0.3, 0.4) is 0 Å². The van der Waals surface area contributed by atoms with Crippen LogP contribution in [0.15, 0.2) is 60.9 Å². The summed E-state index contributed by atoms with van der Waals surface area (Å²) in [4.78, 5) is 0. The molecule has 0 N–H and O–H groups in total. The summed E-state index contributed by atoms with van der Waals surface area (Å²) < 4.78 is 2.12. The molecule has 0 saturated heterocycles. The Morgan fingerprint density at radius 2 is 1.67 bits per heavy atom. The maximum absolute atomic E-state index is 4.40. The van der Waals surface area contributed by atoms with Crippen molar-refractivity contribution in [3.8, 4) is 5.69 Å². The van der Waals surface area contributed by atoms with Crippen LogP contribution < -0.4 is 0 Å². The van der Waals surface area contributed by atoms with Gasteiger partial charge < -0.3 is 0 Å². The van der Waals surface area contributed by atoms with Crippen LogP contribution in [0.25, 0.3) is 5.69 Å². The summed E-state index contributed by atoms with van der Waals surface area (Å²) in [5, 5.41) is 8.54. The highest BCUT2D eigenvalue weighted by Crippen LogP contribution is 2.32. The largest absolute Gasteiger partial charge is 0.285 e. The van der Waals surface area contributed by atoms with E-state index in [1.54, 1.807) is 0 Å². The van der Waals surface area contributed by atoms with Gasteiger partial charge in [-0.15, -0.1) is 10.2 Å². The number of nitrogens with zero attached hydrogens (tertiary/aromatic N) is 3. The van der Waals surface area contributed by atoms with Crippen LogP contribution in [-0.2, 0) is 12.8 Å². The molecule has 1 aliphatic rings. The molecule has 21 heavy (non-hydrogen) atoms. The van der Waals surface area contributed by atoms with Gasteiger partial charge in [-0.2, -0.15) is 0 Å². The van der Waals surface area contributed by atoms with Crippen molar-refractivity contribution in [2.45, 2.75) is 25.2 Å². The van der Waals surface area contributed by atoms with Gasteiger partial charge in [-0.25, -0.2) is 0 Å². The second-order valence-electron chi connectivity index (χ2n) is 5.60. The molecule has 3 heteroatoms. The average Bonchev–Trinajstić information content (AvgIpc) is 3.05. The standard InChI is InChI=1S/C18H17N3/c1-2-8-17(9-3-1)21-13-19-20-18(21)16-11-10-14-6-4-5-7-15(14)12-16/h1-9,13,16H,10-12H2. The molecule has 1 aromatic heterocycles. The van der Waals surface area contributed by atoms with Crippen molar-refractivity contribution < 1.29 is 0 Å². The van der Waals surface area contributed by atoms with Gasteiger partial charge in [-0.05, 0) is 42.5 Å². The summed E-state index contributed by atoms with van der Waals surface area (Å²) in [5.74, 6) is 1.53. The fourth-order valence-electron chi connectivity index (χ4n) is 3.23. The lowest BCUT2D eigenvalue weighted by Crippen LogP contribution is -2.16. The molecule has 0 fully saturated rings. The zero-order chi connectivity index (χ0) is 14.1. The molecule has 1 aliphatic carbocycles. The first-order chi connectivity index (χ1) is 10.4. The van der Waals surface area contributed by atoms with Gasteiger partial charge in [0.05, 0.1) is 0 Å². The molecule has 0 radical (unpaired) electrons. The fourth-order valence-corrected chi connectivity index (χ4v) is 3.23. The van der Waals surface area contributed by atoms with Crippen LogP contribution in [0, 0.1) is 0 Å². The summed E-state index contributed by atoms with van der Waals surface area (Å²) in [6.07, 6.45) is 5.15. The van der Waals surface area contributed by atoms with Crippen molar-refractivity contribution in [1.82, 2.24) is 14.8 Å². The molecule has 3 nitrogen and oxygen atoms in total. The summed E-state index contributed by atoms with van der Waals surface area (Å²) in [7, 11) is 0. The van der Waals surface area contributed by atoms with Gasteiger partial charge >= 0.3 is 0 Å². The number of hydrogen-bond acceptors (Lipinski definition) is 2. The Kier molecular flexibility index (Phi) is 3.03. The van der Waals surface area contributed by atoms with Gasteiger partial charge in [0.25, 0.3) is 0 Å². The highest BCUT2D eigenvalue weighted by molar-refractivity contribution is 5.35. The molecule has 2 aromatic carbocycles. The van der Waals surface area contributed by atoms with Gasteiger partial charge in [0, 0.05) is 11.6 Å². The molecule has 0 spiro atoms. The zero-order valence-electron chi connectivity index (χ0n) is 11.8. The smallest absolute Gasteiger partial charge is 0.140 e. The second kappa shape index (κ2) is 5.17. The SMILES string of the molecule is c1ccc(-n2cnnc2C2CCc3ccccc3C2)cc1. The van der Waals surface area contributed by atoms with Crippen LogP contribution >= 0.6 is 0 Å². The molecule has 0 amide bonds. The van der Waals surface area contributed by atoms with E-state index in [9.17, 15) is 0 Å². The molecule has 1 heterocycles. The van der Waals surface area contributed by atoms with Crippen LogP contribution in [0.5, 0.6) is 0 Å². The number of benzene rings is 2. The highest BCUT2D eigenvalue weighted by atomic mass is 15.3. The van der Waals surface area contributed by atoms with E-state index in [-0.39, 0.29) is 0 Å². The molecule has 0 saturated carbocycles. The van der Waals surface area contributed by atoms with Crippen molar-refractivity contribution in [1.29, 1.82) is 0 Å². The average molecular weight is 275 g/mol. The number of aromatic nitrogens is 3. The number of hydrogen-bond donors (Lipinski definition) is 0. The van der Waals surface area contributed by atoms with E-state index in [1.165, 1.54) is 11.1 Å². The van der Waals surface area contributed by atoms with E-state index >= 15 is 0 Å². The second-order valence-corrected chi connectivity index (χ2v) is 5.60. The number of aryl methyl sites for hydroxylation is 1. The summed E-state index contributed by atoms with van der Waals surface area (Å²) in [6.45, 7) is 0. The summed E-state index contributed by atoms with van der Waals surface area (Å²) in [5.41, 5.74) is 4.08. The molecule has 1 unspecified atom stereocenters. The van der Waals surface area contributed by atoms with E-state index in [4.69, 9.17) is 0 Å². The lowest BCUT2D eigenvalue weighted by atomic mass is 9.83. The van der Waals surface area contributed by atoms with Gasteiger partial charge in [0.1, 0.15) is 12.2 Å². The quantitative estimate of drug-likeness (QED) is 0.716. The first-order valence-corrected chi connectivity index (χ1v) is 7.44. The maximum atomic E-state index is 4.40. The minimum absolute atomic E-state index is 0.447. The third-order valence-electron chi connectivity index (χ3n) is 4.32. The minimum atomic E-state index is 0.447. The van der Waals surface area contributed by atoms with Gasteiger partial charge in [0.2, 0.25) is 0 Å². The predicted octanol–water partition coefficient (Wildman–Crippen LogP) is 3.54. The van der Waals surface area contributed by atoms with Crippen LogP contribution in [-0.4, -0.2) is 14.8 Å². The van der Waals surface area contributed by atoms with Gasteiger partial charge in [-0.3, -0.25) is 4.57 Å². The number of rotatable bonds is 2. The third kappa shape index (κ3) is 2.25. The monoisotopic (exact) mass is 275 g/mol. The van der Waals surface area contributed by atoms with E-state index in [0.29, 0.717) is 5.92 Å². The number of fused-ring (bicyclic) bond motifs is 1.